The molecule has 0 aliphatic heterocycles. The SMILES string of the molecule is CC(C)C(N)CCN(C)c1ccc([N+](=O)[O-])cc1. The summed E-state index contributed by atoms with van der Waals surface area (Å²) in [7, 11) is 1.97. The van der Waals surface area contributed by atoms with E-state index in [1.165, 1.54) is 12.1 Å². The summed E-state index contributed by atoms with van der Waals surface area (Å²) in [6.07, 6.45) is 0.908. The van der Waals surface area contributed by atoms with Crippen molar-refractivity contribution in [1.29, 1.82) is 0 Å². The normalized spacial score (nSPS) is 12.5. The molecule has 5 heteroatoms. The molecule has 1 aromatic carbocycles. The molecule has 0 radical (unpaired) electrons. The second-order valence-electron chi connectivity index (χ2n) is 4.89. The monoisotopic (exact) mass is 251 g/mol. The molecule has 1 aromatic rings. The van der Waals surface area contributed by atoms with Crippen LogP contribution in [0.1, 0.15) is 20.3 Å². The molecule has 0 spiro atoms. The van der Waals surface area contributed by atoms with Crippen molar-refractivity contribution in [2.75, 3.05) is 18.5 Å². The number of non-ortho nitro benzene ring substituents is 1. The third-order valence-corrected chi connectivity index (χ3v) is 3.16. The fourth-order valence-corrected chi connectivity index (χ4v) is 1.63. The average molecular weight is 251 g/mol. The summed E-state index contributed by atoms with van der Waals surface area (Å²) in [5.74, 6) is 0.468. The molecule has 5 nitrogen and oxygen atoms in total. The van der Waals surface area contributed by atoms with Crippen LogP contribution in [0.5, 0.6) is 0 Å². The Morgan fingerprint density at radius 1 is 1.33 bits per heavy atom. The van der Waals surface area contributed by atoms with Crippen molar-refractivity contribution in [3.63, 3.8) is 0 Å². The van der Waals surface area contributed by atoms with Crippen molar-refractivity contribution in [3.05, 3.63) is 34.4 Å². The number of rotatable bonds is 6. The van der Waals surface area contributed by atoms with E-state index in [4.69, 9.17) is 5.73 Å². The van der Waals surface area contributed by atoms with Gasteiger partial charge < -0.3 is 10.6 Å². The smallest absolute Gasteiger partial charge is 0.269 e. The lowest BCUT2D eigenvalue weighted by molar-refractivity contribution is -0.384. The Morgan fingerprint density at radius 2 is 1.89 bits per heavy atom. The Kier molecular flexibility index (Phi) is 5.09. The minimum atomic E-state index is -0.390. The Hall–Kier alpha value is -1.62. The van der Waals surface area contributed by atoms with Gasteiger partial charge in [-0.1, -0.05) is 13.8 Å². The van der Waals surface area contributed by atoms with Gasteiger partial charge >= 0.3 is 0 Å². The van der Waals surface area contributed by atoms with E-state index in [9.17, 15) is 10.1 Å². The molecule has 0 aromatic heterocycles. The van der Waals surface area contributed by atoms with Crippen molar-refractivity contribution in [2.45, 2.75) is 26.3 Å². The quantitative estimate of drug-likeness (QED) is 0.622. The van der Waals surface area contributed by atoms with Crippen molar-refractivity contribution in [2.24, 2.45) is 11.7 Å². The molecule has 100 valence electrons. The molecule has 18 heavy (non-hydrogen) atoms. The van der Waals surface area contributed by atoms with Crippen LogP contribution in [-0.2, 0) is 0 Å². The van der Waals surface area contributed by atoms with Crippen LogP contribution in [0.15, 0.2) is 24.3 Å². The number of benzene rings is 1. The first kappa shape index (κ1) is 14.4. The molecule has 2 N–H and O–H groups in total. The van der Waals surface area contributed by atoms with Gasteiger partial charge in [0.1, 0.15) is 0 Å². The molecular weight excluding hydrogens is 230 g/mol. The van der Waals surface area contributed by atoms with E-state index in [1.807, 2.05) is 7.05 Å². The average Bonchev–Trinajstić information content (AvgIpc) is 2.35. The van der Waals surface area contributed by atoms with Gasteiger partial charge in [-0.15, -0.1) is 0 Å². The van der Waals surface area contributed by atoms with Crippen LogP contribution in [0.4, 0.5) is 11.4 Å². The molecule has 0 aliphatic carbocycles. The number of nitro groups is 1. The molecular formula is C13H21N3O2. The van der Waals surface area contributed by atoms with Crippen LogP contribution in [0.25, 0.3) is 0 Å². The zero-order chi connectivity index (χ0) is 13.7. The van der Waals surface area contributed by atoms with E-state index >= 15 is 0 Å². The minimum absolute atomic E-state index is 0.117. The molecule has 0 saturated heterocycles. The standard InChI is InChI=1S/C13H21N3O2/c1-10(2)13(14)8-9-15(3)11-4-6-12(7-5-11)16(17)18/h4-7,10,13H,8-9,14H2,1-3H3. The second kappa shape index (κ2) is 6.35. The van der Waals surface area contributed by atoms with Gasteiger partial charge in [-0.3, -0.25) is 10.1 Å². The zero-order valence-electron chi connectivity index (χ0n) is 11.2. The van der Waals surface area contributed by atoms with Crippen LogP contribution in [-0.4, -0.2) is 24.6 Å². The Balaban J connectivity index is 2.56. The fourth-order valence-electron chi connectivity index (χ4n) is 1.63. The van der Waals surface area contributed by atoms with Crippen molar-refractivity contribution < 1.29 is 4.92 Å². The Morgan fingerprint density at radius 3 is 2.33 bits per heavy atom. The number of hydrogen-bond acceptors (Lipinski definition) is 4. The lowest BCUT2D eigenvalue weighted by atomic mass is 10.0. The van der Waals surface area contributed by atoms with Crippen LogP contribution < -0.4 is 10.6 Å². The van der Waals surface area contributed by atoms with Crippen molar-refractivity contribution >= 4 is 11.4 Å². The van der Waals surface area contributed by atoms with Crippen LogP contribution in [0.2, 0.25) is 0 Å². The predicted molar refractivity (Wildman–Crippen MR) is 73.8 cm³/mol. The molecule has 0 saturated carbocycles. The van der Waals surface area contributed by atoms with Gasteiger partial charge in [0.05, 0.1) is 4.92 Å². The number of hydrogen-bond donors (Lipinski definition) is 1. The summed E-state index contributed by atoms with van der Waals surface area (Å²) in [5, 5.41) is 10.5. The van der Waals surface area contributed by atoms with Gasteiger partial charge in [-0.25, -0.2) is 0 Å². The summed E-state index contributed by atoms with van der Waals surface area (Å²) in [6.45, 7) is 5.06. The molecule has 0 aliphatic rings. The molecule has 0 fully saturated rings. The van der Waals surface area contributed by atoms with Gasteiger partial charge in [-0.05, 0) is 24.5 Å². The number of nitrogens with two attached hydrogens (primary N) is 1. The molecule has 1 rings (SSSR count). The summed E-state index contributed by atoms with van der Waals surface area (Å²) in [6, 6.07) is 6.76. The summed E-state index contributed by atoms with van der Waals surface area (Å²) in [4.78, 5) is 12.2. The van der Waals surface area contributed by atoms with E-state index < -0.39 is 4.92 Å². The number of nitro benzene ring substituents is 1. The summed E-state index contributed by atoms with van der Waals surface area (Å²) in [5.41, 5.74) is 7.08. The summed E-state index contributed by atoms with van der Waals surface area (Å²) < 4.78 is 0. The molecule has 0 bridgehead atoms. The van der Waals surface area contributed by atoms with Crippen molar-refractivity contribution in [3.8, 4) is 0 Å². The Labute approximate surface area is 108 Å². The van der Waals surface area contributed by atoms with Gasteiger partial charge in [0.25, 0.3) is 5.69 Å². The van der Waals surface area contributed by atoms with Gasteiger partial charge in [0.2, 0.25) is 0 Å². The number of nitrogens with zero attached hydrogens (tertiary/aromatic N) is 2. The second-order valence-corrected chi connectivity index (χ2v) is 4.89. The highest BCUT2D eigenvalue weighted by Crippen LogP contribution is 2.18. The van der Waals surface area contributed by atoms with Gasteiger partial charge in [0, 0.05) is 37.5 Å². The Bertz CT molecular complexity index is 390. The van der Waals surface area contributed by atoms with Crippen LogP contribution in [0.3, 0.4) is 0 Å². The highest BCUT2D eigenvalue weighted by atomic mass is 16.6. The molecule has 1 atom stereocenters. The maximum absolute atomic E-state index is 10.5. The lowest BCUT2D eigenvalue weighted by Gasteiger charge is -2.23. The molecule has 0 heterocycles. The van der Waals surface area contributed by atoms with E-state index in [-0.39, 0.29) is 11.7 Å². The van der Waals surface area contributed by atoms with Crippen molar-refractivity contribution in [1.82, 2.24) is 0 Å². The van der Waals surface area contributed by atoms with E-state index in [0.717, 1.165) is 18.7 Å². The first-order valence-electron chi connectivity index (χ1n) is 6.13. The van der Waals surface area contributed by atoms with Gasteiger partial charge in [0.15, 0.2) is 0 Å². The highest BCUT2D eigenvalue weighted by molar-refractivity contribution is 5.50. The first-order valence-corrected chi connectivity index (χ1v) is 6.13. The van der Waals surface area contributed by atoms with Crippen LogP contribution in [0, 0.1) is 16.0 Å². The fraction of sp³-hybridized carbons (Fsp3) is 0.538. The molecule has 0 amide bonds. The lowest BCUT2D eigenvalue weighted by Crippen LogP contribution is -2.31. The predicted octanol–water partition coefficient (Wildman–Crippen LogP) is 2.40. The summed E-state index contributed by atoms with van der Waals surface area (Å²) >= 11 is 0. The first-order chi connectivity index (χ1) is 8.41. The minimum Gasteiger partial charge on any atom is -0.375 e. The topological polar surface area (TPSA) is 72.4 Å². The maximum Gasteiger partial charge on any atom is 0.269 e. The third-order valence-electron chi connectivity index (χ3n) is 3.16. The van der Waals surface area contributed by atoms with E-state index in [2.05, 4.69) is 18.7 Å². The van der Waals surface area contributed by atoms with E-state index in [1.54, 1.807) is 12.1 Å². The zero-order valence-corrected chi connectivity index (χ0v) is 11.2. The van der Waals surface area contributed by atoms with Gasteiger partial charge in [-0.2, -0.15) is 0 Å². The molecule has 1 unspecified atom stereocenters. The largest absolute Gasteiger partial charge is 0.375 e. The maximum atomic E-state index is 10.5. The van der Waals surface area contributed by atoms with Crippen LogP contribution >= 0.6 is 0 Å². The van der Waals surface area contributed by atoms with E-state index in [0.29, 0.717) is 5.92 Å². The number of anilines is 1. The third kappa shape index (κ3) is 4.00. The highest BCUT2D eigenvalue weighted by Gasteiger charge is 2.10.